The molecule has 10 aromatic rings. The lowest BCUT2D eigenvalue weighted by molar-refractivity contribution is 0.672. The van der Waals surface area contributed by atoms with Crippen molar-refractivity contribution in [1.82, 2.24) is 15.0 Å². The number of fused-ring (bicyclic) bond motifs is 5. The van der Waals surface area contributed by atoms with Crippen LogP contribution in [-0.4, -0.2) is 15.0 Å². The van der Waals surface area contributed by atoms with Crippen LogP contribution in [0.25, 0.3) is 100 Å². The van der Waals surface area contributed by atoms with Gasteiger partial charge in [0, 0.05) is 32.8 Å². The molecular weight excluding hydrogens is 647 g/mol. The van der Waals surface area contributed by atoms with Gasteiger partial charge in [-0.15, -0.1) is 0 Å². The molecule has 0 N–H and O–H groups in total. The number of hydrogen-bond acceptors (Lipinski definition) is 4. The van der Waals surface area contributed by atoms with E-state index in [2.05, 4.69) is 158 Å². The lowest BCUT2D eigenvalue weighted by atomic mass is 9.95. The Morgan fingerprint density at radius 1 is 0.283 bits per heavy atom. The Balaban J connectivity index is 1.19. The number of rotatable bonds is 6. The standard InChI is InChI=1S/C49H31N3O/c1-4-12-32(13-5-1)35-20-24-37(25-21-35)47-50-48(38-26-22-36(23-27-38)33-14-6-2-7-15-33)52-49(51-47)44-31-43-41-18-10-11-19-45(41)53-46(43)42-30-39(28-29-40(42)44)34-16-8-3-9-17-34/h1-31H. The predicted molar refractivity (Wildman–Crippen MR) is 217 cm³/mol. The molecule has 0 unspecified atom stereocenters. The number of hydrogen-bond donors (Lipinski definition) is 0. The quantitative estimate of drug-likeness (QED) is 0.176. The first-order valence-corrected chi connectivity index (χ1v) is 17.8. The van der Waals surface area contributed by atoms with Gasteiger partial charge in [0.2, 0.25) is 0 Å². The van der Waals surface area contributed by atoms with Gasteiger partial charge in [-0.3, -0.25) is 0 Å². The molecule has 248 valence electrons. The number of aromatic nitrogens is 3. The van der Waals surface area contributed by atoms with Gasteiger partial charge in [0.15, 0.2) is 17.5 Å². The van der Waals surface area contributed by atoms with Gasteiger partial charge >= 0.3 is 0 Å². The van der Waals surface area contributed by atoms with Crippen molar-refractivity contribution >= 4 is 32.7 Å². The van der Waals surface area contributed by atoms with Crippen LogP contribution >= 0.6 is 0 Å². The number of furan rings is 1. The summed E-state index contributed by atoms with van der Waals surface area (Å²) in [7, 11) is 0. The van der Waals surface area contributed by atoms with Gasteiger partial charge in [-0.1, -0.05) is 170 Å². The van der Waals surface area contributed by atoms with E-state index in [4.69, 9.17) is 19.4 Å². The maximum absolute atomic E-state index is 6.58. The van der Waals surface area contributed by atoms with Crippen molar-refractivity contribution in [3.63, 3.8) is 0 Å². The van der Waals surface area contributed by atoms with Crippen molar-refractivity contribution in [3.8, 4) is 67.5 Å². The minimum absolute atomic E-state index is 0.605. The van der Waals surface area contributed by atoms with Gasteiger partial charge < -0.3 is 4.42 Å². The van der Waals surface area contributed by atoms with E-state index < -0.39 is 0 Å². The van der Waals surface area contributed by atoms with E-state index in [1.807, 2.05) is 30.3 Å². The molecule has 4 nitrogen and oxygen atoms in total. The molecule has 0 amide bonds. The third-order valence-corrected chi connectivity index (χ3v) is 9.96. The molecule has 4 heteroatoms. The molecule has 0 aliphatic rings. The van der Waals surface area contributed by atoms with Crippen LogP contribution < -0.4 is 0 Å². The second-order valence-electron chi connectivity index (χ2n) is 13.2. The summed E-state index contributed by atoms with van der Waals surface area (Å²) in [5, 5.41) is 4.10. The zero-order chi connectivity index (χ0) is 35.1. The van der Waals surface area contributed by atoms with Crippen molar-refractivity contribution in [1.29, 1.82) is 0 Å². The minimum Gasteiger partial charge on any atom is -0.455 e. The molecule has 8 aromatic carbocycles. The molecule has 53 heavy (non-hydrogen) atoms. The van der Waals surface area contributed by atoms with Gasteiger partial charge in [0.25, 0.3) is 0 Å². The van der Waals surface area contributed by atoms with Crippen LogP contribution in [-0.2, 0) is 0 Å². The largest absolute Gasteiger partial charge is 0.455 e. The molecule has 0 saturated heterocycles. The third kappa shape index (κ3) is 5.63. The molecule has 2 heterocycles. The van der Waals surface area contributed by atoms with Crippen LogP contribution in [0.5, 0.6) is 0 Å². The van der Waals surface area contributed by atoms with Crippen LogP contribution in [0.3, 0.4) is 0 Å². The van der Waals surface area contributed by atoms with E-state index in [1.54, 1.807) is 0 Å². The highest BCUT2D eigenvalue weighted by Gasteiger charge is 2.20. The van der Waals surface area contributed by atoms with Gasteiger partial charge in [0.05, 0.1) is 0 Å². The summed E-state index contributed by atoms with van der Waals surface area (Å²) in [6.45, 7) is 0. The SMILES string of the molecule is c1ccc(-c2ccc(-c3nc(-c4ccc(-c5ccccc5)cc4)nc(-c4cc5c6ccccc6oc5c5cc(-c6ccccc6)ccc45)n3)cc2)cc1. The van der Waals surface area contributed by atoms with Crippen molar-refractivity contribution in [2.24, 2.45) is 0 Å². The fourth-order valence-corrected chi connectivity index (χ4v) is 7.23. The molecule has 0 radical (unpaired) electrons. The maximum atomic E-state index is 6.58. The average molecular weight is 678 g/mol. The Labute approximate surface area is 306 Å². The summed E-state index contributed by atoms with van der Waals surface area (Å²) >= 11 is 0. The highest BCUT2D eigenvalue weighted by atomic mass is 16.3. The van der Waals surface area contributed by atoms with Crippen LogP contribution in [0.4, 0.5) is 0 Å². The molecule has 0 spiro atoms. The summed E-state index contributed by atoms with van der Waals surface area (Å²) in [4.78, 5) is 15.5. The van der Waals surface area contributed by atoms with Crippen LogP contribution in [0.2, 0.25) is 0 Å². The van der Waals surface area contributed by atoms with E-state index in [-0.39, 0.29) is 0 Å². The summed E-state index contributed by atoms with van der Waals surface area (Å²) in [5.41, 5.74) is 11.3. The first-order chi connectivity index (χ1) is 26.2. The molecule has 0 atom stereocenters. The van der Waals surface area contributed by atoms with E-state index >= 15 is 0 Å². The zero-order valence-corrected chi connectivity index (χ0v) is 28.6. The van der Waals surface area contributed by atoms with E-state index in [1.165, 1.54) is 0 Å². The first-order valence-electron chi connectivity index (χ1n) is 17.8. The normalized spacial score (nSPS) is 11.4. The Morgan fingerprint density at radius 2 is 0.698 bits per heavy atom. The second kappa shape index (κ2) is 12.9. The number of benzene rings is 8. The average Bonchev–Trinajstić information content (AvgIpc) is 3.63. The molecule has 2 aromatic heterocycles. The zero-order valence-electron chi connectivity index (χ0n) is 28.6. The molecule has 0 fully saturated rings. The monoisotopic (exact) mass is 677 g/mol. The Hall–Kier alpha value is -7.17. The van der Waals surface area contributed by atoms with Crippen molar-refractivity contribution in [3.05, 3.63) is 188 Å². The molecule has 10 rings (SSSR count). The fourth-order valence-electron chi connectivity index (χ4n) is 7.23. The smallest absolute Gasteiger partial charge is 0.164 e. The van der Waals surface area contributed by atoms with E-state index in [9.17, 15) is 0 Å². The predicted octanol–water partition coefficient (Wildman–Crippen LogP) is 12.9. The molecule has 0 saturated carbocycles. The first kappa shape index (κ1) is 30.6. The lowest BCUT2D eigenvalue weighted by Gasteiger charge is -2.12. The van der Waals surface area contributed by atoms with E-state index in [0.29, 0.717) is 17.5 Å². The molecule has 0 bridgehead atoms. The number of nitrogens with zero attached hydrogens (tertiary/aromatic N) is 3. The Bertz CT molecular complexity index is 2800. The highest BCUT2D eigenvalue weighted by Crippen LogP contribution is 2.41. The van der Waals surface area contributed by atoms with Gasteiger partial charge in [-0.05, 0) is 57.0 Å². The third-order valence-electron chi connectivity index (χ3n) is 9.96. The molecule has 0 aliphatic heterocycles. The van der Waals surface area contributed by atoms with Crippen molar-refractivity contribution < 1.29 is 4.42 Å². The number of para-hydroxylation sites is 1. The summed E-state index contributed by atoms with van der Waals surface area (Å²) in [6, 6.07) is 65.1. The van der Waals surface area contributed by atoms with Crippen molar-refractivity contribution in [2.75, 3.05) is 0 Å². The summed E-state index contributed by atoms with van der Waals surface area (Å²) in [5.74, 6) is 1.83. The molecule has 0 aliphatic carbocycles. The second-order valence-corrected chi connectivity index (χ2v) is 13.2. The Morgan fingerprint density at radius 3 is 1.26 bits per heavy atom. The molecular formula is C49H31N3O. The van der Waals surface area contributed by atoms with Crippen LogP contribution in [0.15, 0.2) is 192 Å². The van der Waals surface area contributed by atoms with Gasteiger partial charge in [0.1, 0.15) is 11.2 Å². The highest BCUT2D eigenvalue weighted by molar-refractivity contribution is 6.19. The topological polar surface area (TPSA) is 51.8 Å². The van der Waals surface area contributed by atoms with E-state index in [0.717, 1.165) is 82.8 Å². The van der Waals surface area contributed by atoms with Crippen LogP contribution in [0.1, 0.15) is 0 Å². The van der Waals surface area contributed by atoms with Gasteiger partial charge in [-0.25, -0.2) is 15.0 Å². The lowest BCUT2D eigenvalue weighted by Crippen LogP contribution is -2.01. The Kier molecular flexibility index (Phi) is 7.43. The summed E-state index contributed by atoms with van der Waals surface area (Å²) < 4.78 is 6.58. The minimum atomic E-state index is 0.605. The van der Waals surface area contributed by atoms with Gasteiger partial charge in [-0.2, -0.15) is 0 Å². The fraction of sp³-hybridized carbons (Fsp3) is 0. The summed E-state index contributed by atoms with van der Waals surface area (Å²) in [6.07, 6.45) is 0. The maximum Gasteiger partial charge on any atom is 0.164 e. The van der Waals surface area contributed by atoms with Crippen molar-refractivity contribution in [2.45, 2.75) is 0 Å². The van der Waals surface area contributed by atoms with Crippen LogP contribution in [0, 0.1) is 0 Å².